The van der Waals surface area contributed by atoms with E-state index in [1.54, 1.807) is 16.8 Å². The van der Waals surface area contributed by atoms with Gasteiger partial charge < -0.3 is 20.4 Å². The molecule has 1 saturated heterocycles. The molecule has 134 valence electrons. The second-order valence-electron chi connectivity index (χ2n) is 7.13. The Hall–Kier alpha value is -1.37. The minimum Gasteiger partial charge on any atom is -0.377 e. The van der Waals surface area contributed by atoms with Crippen molar-refractivity contribution in [3.63, 3.8) is 0 Å². The maximum Gasteiger partial charge on any atom is 0.250 e. The molecule has 3 rings (SSSR count). The number of pyridine rings is 1. The molecule has 0 bridgehead atoms. The Morgan fingerprint density at radius 1 is 1.46 bits per heavy atom. The average Bonchev–Trinajstić information content (AvgIpc) is 2.55. The monoisotopic (exact) mass is 355 g/mol. The number of nitrogens with two attached hydrogens (primary N) is 1. The summed E-state index contributed by atoms with van der Waals surface area (Å²) in [5.74, 6) is -0.154. The standard InChI is InChI=1S/C17H25N3O3.ClH/c1-4-20-10-11(7-8-13(20)21)19-15(22)17(18)12-6-5-9-23-14(12)16(17,2)3;/h7-8,10,12,14H,4-6,9,18H2,1-3H3,(H,19,22);1H. The molecule has 7 heteroatoms. The van der Waals surface area contributed by atoms with Crippen LogP contribution in [0.4, 0.5) is 5.69 Å². The molecule has 1 amide bonds. The van der Waals surface area contributed by atoms with Gasteiger partial charge in [-0.2, -0.15) is 0 Å². The van der Waals surface area contributed by atoms with Crippen molar-refractivity contribution < 1.29 is 9.53 Å². The average molecular weight is 356 g/mol. The zero-order valence-corrected chi connectivity index (χ0v) is 15.2. The van der Waals surface area contributed by atoms with Gasteiger partial charge >= 0.3 is 0 Å². The van der Waals surface area contributed by atoms with Crippen molar-refractivity contribution in [1.29, 1.82) is 0 Å². The summed E-state index contributed by atoms with van der Waals surface area (Å²) in [6, 6.07) is 3.08. The lowest BCUT2D eigenvalue weighted by atomic mass is 9.46. The number of aromatic nitrogens is 1. The summed E-state index contributed by atoms with van der Waals surface area (Å²) in [6.07, 6.45) is 3.54. The minimum absolute atomic E-state index is 0. The van der Waals surface area contributed by atoms with E-state index >= 15 is 0 Å². The first-order chi connectivity index (χ1) is 10.8. The third-order valence-electron chi connectivity index (χ3n) is 5.64. The topological polar surface area (TPSA) is 86.3 Å². The first-order valence-corrected chi connectivity index (χ1v) is 8.24. The van der Waals surface area contributed by atoms with E-state index in [0.717, 1.165) is 19.4 Å². The van der Waals surface area contributed by atoms with Gasteiger partial charge in [-0.25, -0.2) is 0 Å². The minimum atomic E-state index is -0.953. The largest absolute Gasteiger partial charge is 0.377 e. The summed E-state index contributed by atoms with van der Waals surface area (Å²) in [7, 11) is 0. The maximum atomic E-state index is 12.9. The Bertz CT molecular complexity index is 688. The van der Waals surface area contributed by atoms with E-state index in [0.29, 0.717) is 12.2 Å². The molecule has 1 aliphatic carbocycles. The number of nitrogens with zero attached hydrogens (tertiary/aromatic N) is 1. The van der Waals surface area contributed by atoms with Crippen molar-refractivity contribution in [3.05, 3.63) is 28.7 Å². The number of anilines is 1. The first-order valence-electron chi connectivity index (χ1n) is 8.24. The van der Waals surface area contributed by atoms with Crippen LogP contribution >= 0.6 is 12.4 Å². The number of amides is 1. The molecule has 3 unspecified atom stereocenters. The highest BCUT2D eigenvalue weighted by Crippen LogP contribution is 2.57. The van der Waals surface area contributed by atoms with Crippen LogP contribution in [0.3, 0.4) is 0 Å². The summed E-state index contributed by atoms with van der Waals surface area (Å²) in [5, 5.41) is 2.90. The molecule has 1 saturated carbocycles. The predicted molar refractivity (Wildman–Crippen MR) is 95.4 cm³/mol. The van der Waals surface area contributed by atoms with Crippen LogP contribution in [-0.4, -0.2) is 28.7 Å². The van der Waals surface area contributed by atoms with Crippen LogP contribution < -0.4 is 16.6 Å². The smallest absolute Gasteiger partial charge is 0.250 e. The van der Waals surface area contributed by atoms with Crippen molar-refractivity contribution in [1.82, 2.24) is 4.57 Å². The van der Waals surface area contributed by atoms with E-state index in [2.05, 4.69) is 5.32 Å². The second-order valence-corrected chi connectivity index (χ2v) is 7.13. The van der Waals surface area contributed by atoms with E-state index in [9.17, 15) is 9.59 Å². The van der Waals surface area contributed by atoms with Crippen molar-refractivity contribution in [2.75, 3.05) is 11.9 Å². The number of aryl methyl sites for hydroxylation is 1. The number of nitrogens with one attached hydrogen (secondary N) is 1. The molecule has 2 heterocycles. The number of fused-ring (bicyclic) bond motifs is 1. The molecule has 0 spiro atoms. The van der Waals surface area contributed by atoms with Crippen LogP contribution in [-0.2, 0) is 16.1 Å². The van der Waals surface area contributed by atoms with Gasteiger partial charge in [0.2, 0.25) is 5.91 Å². The molecule has 0 radical (unpaired) electrons. The van der Waals surface area contributed by atoms with E-state index in [-0.39, 0.29) is 35.9 Å². The van der Waals surface area contributed by atoms with Gasteiger partial charge in [-0.3, -0.25) is 9.59 Å². The van der Waals surface area contributed by atoms with Gasteiger partial charge in [-0.05, 0) is 25.8 Å². The fourth-order valence-corrected chi connectivity index (χ4v) is 4.12. The number of rotatable bonds is 3. The van der Waals surface area contributed by atoms with Crippen LogP contribution in [0.2, 0.25) is 0 Å². The molecule has 1 aromatic rings. The highest BCUT2D eigenvalue weighted by Gasteiger charge is 2.70. The number of carbonyl (C=O) groups is 1. The molecule has 1 aliphatic heterocycles. The maximum absolute atomic E-state index is 12.9. The van der Waals surface area contributed by atoms with Crippen molar-refractivity contribution in [2.24, 2.45) is 17.1 Å². The molecule has 3 N–H and O–H groups in total. The fourth-order valence-electron chi connectivity index (χ4n) is 4.12. The van der Waals surface area contributed by atoms with Crippen LogP contribution in [0.5, 0.6) is 0 Å². The van der Waals surface area contributed by atoms with Crippen LogP contribution in [0.15, 0.2) is 23.1 Å². The third kappa shape index (κ3) is 2.57. The molecular weight excluding hydrogens is 330 g/mol. The highest BCUT2D eigenvalue weighted by molar-refractivity contribution is 6.00. The Labute approximate surface area is 148 Å². The summed E-state index contributed by atoms with van der Waals surface area (Å²) in [5.41, 5.74) is 5.71. The summed E-state index contributed by atoms with van der Waals surface area (Å²) in [6.45, 7) is 7.17. The van der Waals surface area contributed by atoms with Gasteiger partial charge in [0.05, 0.1) is 11.8 Å². The molecule has 2 aliphatic rings. The van der Waals surface area contributed by atoms with Gasteiger partial charge in [0, 0.05) is 36.7 Å². The fraction of sp³-hybridized carbons (Fsp3) is 0.647. The summed E-state index contributed by atoms with van der Waals surface area (Å²) >= 11 is 0. The SMILES string of the molecule is CCn1cc(NC(=O)C2(N)C3CCCOC3C2(C)C)ccc1=O.Cl. The van der Waals surface area contributed by atoms with Crippen LogP contribution in [0.1, 0.15) is 33.6 Å². The van der Waals surface area contributed by atoms with E-state index < -0.39 is 11.0 Å². The summed E-state index contributed by atoms with van der Waals surface area (Å²) in [4.78, 5) is 24.5. The number of hydrogen-bond donors (Lipinski definition) is 2. The lowest BCUT2D eigenvalue weighted by Gasteiger charge is -2.65. The van der Waals surface area contributed by atoms with Crippen molar-refractivity contribution in [3.8, 4) is 0 Å². The van der Waals surface area contributed by atoms with Crippen molar-refractivity contribution in [2.45, 2.75) is 51.8 Å². The molecule has 0 aromatic carbocycles. The Morgan fingerprint density at radius 3 is 2.83 bits per heavy atom. The zero-order chi connectivity index (χ0) is 16.8. The number of ether oxygens (including phenoxy) is 1. The number of halogens is 1. The lowest BCUT2D eigenvalue weighted by molar-refractivity contribution is -0.222. The van der Waals surface area contributed by atoms with Gasteiger partial charge in [0.25, 0.3) is 5.56 Å². The number of carbonyl (C=O) groups excluding carboxylic acids is 1. The normalized spacial score (nSPS) is 30.5. The molecular formula is C17H26ClN3O3. The van der Waals surface area contributed by atoms with E-state index in [1.165, 1.54) is 6.07 Å². The van der Waals surface area contributed by atoms with Crippen molar-refractivity contribution >= 4 is 24.0 Å². The lowest BCUT2D eigenvalue weighted by Crippen LogP contribution is -2.81. The second kappa shape index (κ2) is 6.50. The zero-order valence-electron chi connectivity index (χ0n) is 14.4. The van der Waals surface area contributed by atoms with E-state index in [4.69, 9.17) is 10.5 Å². The van der Waals surface area contributed by atoms with Gasteiger partial charge in [0.1, 0.15) is 5.54 Å². The molecule has 24 heavy (non-hydrogen) atoms. The quantitative estimate of drug-likeness (QED) is 0.865. The highest BCUT2D eigenvalue weighted by atomic mass is 35.5. The van der Waals surface area contributed by atoms with Gasteiger partial charge in [0.15, 0.2) is 0 Å². The van der Waals surface area contributed by atoms with E-state index in [1.807, 2.05) is 20.8 Å². The first kappa shape index (κ1) is 19.0. The molecule has 2 fully saturated rings. The molecule has 3 atom stereocenters. The summed E-state index contributed by atoms with van der Waals surface area (Å²) < 4.78 is 7.39. The molecule has 6 nitrogen and oxygen atoms in total. The van der Waals surface area contributed by atoms with Crippen LogP contribution in [0.25, 0.3) is 0 Å². The molecule has 1 aromatic heterocycles. The Balaban J connectivity index is 0.00000208. The van der Waals surface area contributed by atoms with Gasteiger partial charge in [-0.15, -0.1) is 12.4 Å². The Kier molecular flexibility index (Phi) is 5.14. The predicted octanol–water partition coefficient (Wildman–Crippen LogP) is 1.76. The third-order valence-corrected chi connectivity index (χ3v) is 5.64. The number of hydrogen-bond acceptors (Lipinski definition) is 4. The van der Waals surface area contributed by atoms with Crippen LogP contribution in [0, 0.1) is 11.3 Å². The Morgan fingerprint density at radius 2 is 2.17 bits per heavy atom. The van der Waals surface area contributed by atoms with Gasteiger partial charge in [-0.1, -0.05) is 13.8 Å².